The number of piperazine rings is 2. The molecule has 2 heterocycles. The average molecular weight is 923 g/mol. The Morgan fingerprint density at radius 2 is 0.859 bits per heavy atom. The van der Waals surface area contributed by atoms with Gasteiger partial charge in [0.2, 0.25) is 0 Å². The monoisotopic (exact) mass is 922 g/mol. The number of benzene rings is 4. The molecular formula is C47H56F2N4O9S2. The van der Waals surface area contributed by atoms with Crippen LogP contribution in [-0.4, -0.2) is 121 Å². The first-order chi connectivity index (χ1) is 30.0. The lowest BCUT2D eigenvalue weighted by Gasteiger charge is -2.36. The van der Waals surface area contributed by atoms with Gasteiger partial charge in [0.25, 0.3) is 11.8 Å². The molecule has 0 bridgehead atoms. The Balaban J connectivity index is 1.06. The second-order valence-electron chi connectivity index (χ2n) is 17.0. The summed E-state index contributed by atoms with van der Waals surface area (Å²) in [7, 11) is -7.16. The van der Waals surface area contributed by atoms with Gasteiger partial charge in [0.05, 0.1) is 44.5 Å². The molecule has 0 N–H and O–H groups in total. The number of amides is 2. The van der Waals surface area contributed by atoms with E-state index in [2.05, 4.69) is 0 Å². The topological polar surface area (TPSA) is 151 Å². The Hall–Kier alpha value is -5.55. The lowest BCUT2D eigenvalue weighted by Crippen LogP contribution is -2.49. The van der Waals surface area contributed by atoms with Crippen LogP contribution in [0.3, 0.4) is 0 Å². The van der Waals surface area contributed by atoms with Crippen LogP contribution >= 0.6 is 0 Å². The molecule has 0 saturated carbocycles. The Morgan fingerprint density at radius 3 is 1.16 bits per heavy atom. The first-order valence-electron chi connectivity index (χ1n) is 21.3. The van der Waals surface area contributed by atoms with E-state index in [1.807, 2.05) is 37.5 Å². The molecule has 17 heteroatoms. The SMILES string of the molecule is CC(C)Oc1ccc(S(C)(=O)=O)cc1C(=O)N1CCN(c2ccc(C(C)C(=O)C(C)c3ccc(N4CCN(C(=O)c5cc(S(C)(=O)=O)ccc5OC(C)C)CC4)c(F)c3)cc2F)CC1. The third-order valence-electron chi connectivity index (χ3n) is 11.6. The molecule has 2 aliphatic heterocycles. The Morgan fingerprint density at radius 1 is 0.516 bits per heavy atom. The van der Waals surface area contributed by atoms with E-state index >= 15 is 8.78 Å². The van der Waals surface area contributed by atoms with Crippen LogP contribution < -0.4 is 19.3 Å². The van der Waals surface area contributed by atoms with Gasteiger partial charge < -0.3 is 29.1 Å². The number of hydrogen-bond donors (Lipinski definition) is 0. The molecule has 344 valence electrons. The average Bonchev–Trinajstić information content (AvgIpc) is 3.24. The summed E-state index contributed by atoms with van der Waals surface area (Å²) in [5.41, 5.74) is 1.85. The minimum Gasteiger partial charge on any atom is -0.490 e. The smallest absolute Gasteiger partial charge is 0.257 e. The van der Waals surface area contributed by atoms with Crippen molar-refractivity contribution in [3.8, 4) is 11.5 Å². The van der Waals surface area contributed by atoms with E-state index in [9.17, 15) is 31.2 Å². The van der Waals surface area contributed by atoms with Crippen LogP contribution in [0.15, 0.2) is 82.6 Å². The van der Waals surface area contributed by atoms with Gasteiger partial charge in [-0.3, -0.25) is 14.4 Å². The molecule has 64 heavy (non-hydrogen) atoms. The number of Topliss-reactive ketones (excluding diaryl/α,β-unsaturated/α-hetero) is 1. The summed E-state index contributed by atoms with van der Waals surface area (Å²) in [6, 6.07) is 17.8. The second-order valence-corrected chi connectivity index (χ2v) is 21.1. The number of carbonyl (C=O) groups is 3. The standard InChI is InChI=1S/C47H56F2N4O9S2/c1-29(2)61-43-15-11-35(63(7,57)58)27-37(43)46(55)52-21-17-50(18-22-52)41-13-9-33(25-39(41)48)31(5)45(54)32(6)34-10-14-42(40(49)26-34)51-19-23-53(24-20-51)47(56)38-28-36(64(8,59)60)12-16-44(38)62-30(3)4/h9-16,25-32H,17-24H2,1-8H3. The van der Waals surface area contributed by atoms with E-state index in [0.29, 0.717) is 48.7 Å². The third kappa shape index (κ3) is 10.9. The van der Waals surface area contributed by atoms with Gasteiger partial charge >= 0.3 is 0 Å². The second kappa shape index (κ2) is 19.3. The predicted octanol–water partition coefficient (Wildman–Crippen LogP) is 6.75. The van der Waals surface area contributed by atoms with E-state index in [1.54, 1.807) is 47.9 Å². The van der Waals surface area contributed by atoms with Crippen molar-refractivity contribution in [2.75, 3.05) is 74.7 Å². The lowest BCUT2D eigenvalue weighted by molar-refractivity contribution is -0.121. The molecule has 0 aromatic heterocycles. The number of carbonyl (C=O) groups excluding carboxylic acids is 3. The molecule has 0 spiro atoms. The van der Waals surface area contributed by atoms with Crippen LogP contribution in [0.1, 0.15) is 85.2 Å². The van der Waals surface area contributed by atoms with Crippen LogP contribution in [0.2, 0.25) is 0 Å². The highest BCUT2D eigenvalue weighted by Crippen LogP contribution is 2.33. The van der Waals surface area contributed by atoms with Crippen LogP contribution in [-0.2, 0) is 24.5 Å². The molecule has 2 saturated heterocycles. The fourth-order valence-corrected chi connectivity index (χ4v) is 9.26. The Labute approximate surface area is 374 Å². The number of nitrogens with zero attached hydrogens (tertiary/aromatic N) is 4. The van der Waals surface area contributed by atoms with Gasteiger partial charge in [-0.2, -0.15) is 0 Å². The maximum atomic E-state index is 15.8. The quantitative estimate of drug-likeness (QED) is 0.132. The molecule has 2 amide bonds. The van der Waals surface area contributed by atoms with E-state index in [1.165, 1.54) is 48.5 Å². The first-order valence-corrected chi connectivity index (χ1v) is 25.0. The van der Waals surface area contributed by atoms with Crippen LogP contribution in [0.25, 0.3) is 0 Å². The van der Waals surface area contributed by atoms with Gasteiger partial charge in [0.1, 0.15) is 28.9 Å². The van der Waals surface area contributed by atoms with Crippen molar-refractivity contribution in [2.45, 2.75) is 75.4 Å². The molecule has 6 rings (SSSR count). The van der Waals surface area contributed by atoms with Gasteiger partial charge in [-0.05, 0) is 99.5 Å². The summed E-state index contributed by atoms with van der Waals surface area (Å²) in [6.07, 6.45) is 1.64. The minimum atomic E-state index is -3.58. The molecule has 0 radical (unpaired) electrons. The molecule has 13 nitrogen and oxygen atoms in total. The van der Waals surface area contributed by atoms with Gasteiger partial charge in [-0.15, -0.1) is 0 Å². The highest BCUT2D eigenvalue weighted by atomic mass is 32.2. The van der Waals surface area contributed by atoms with Gasteiger partial charge in [-0.1, -0.05) is 26.0 Å². The fourth-order valence-electron chi connectivity index (χ4n) is 7.97. The van der Waals surface area contributed by atoms with Crippen LogP contribution in [0.4, 0.5) is 20.2 Å². The molecule has 0 aliphatic carbocycles. The zero-order chi connectivity index (χ0) is 46.8. The highest BCUT2D eigenvalue weighted by molar-refractivity contribution is 7.91. The molecular weight excluding hydrogens is 867 g/mol. The molecule has 2 unspecified atom stereocenters. The first kappa shape index (κ1) is 47.9. The summed E-state index contributed by atoms with van der Waals surface area (Å²) >= 11 is 0. The summed E-state index contributed by atoms with van der Waals surface area (Å²) in [5.74, 6) is -2.91. The van der Waals surface area contributed by atoms with E-state index in [-0.39, 0.29) is 88.4 Å². The Bertz CT molecular complexity index is 2460. The molecule has 4 aromatic rings. The van der Waals surface area contributed by atoms with Gasteiger partial charge in [-0.25, -0.2) is 25.6 Å². The number of anilines is 2. The molecule has 2 fully saturated rings. The van der Waals surface area contributed by atoms with Crippen LogP contribution in [0.5, 0.6) is 11.5 Å². The highest BCUT2D eigenvalue weighted by Gasteiger charge is 2.31. The third-order valence-corrected chi connectivity index (χ3v) is 13.8. The van der Waals surface area contributed by atoms with Gasteiger partial charge in [0, 0.05) is 76.7 Å². The normalized spacial score (nSPS) is 15.9. The number of hydrogen-bond acceptors (Lipinski definition) is 11. The summed E-state index contributed by atoms with van der Waals surface area (Å²) in [4.78, 5) is 47.9. The fraction of sp³-hybridized carbons (Fsp3) is 0.426. The largest absolute Gasteiger partial charge is 0.490 e. The Kier molecular flexibility index (Phi) is 14.4. The maximum Gasteiger partial charge on any atom is 0.257 e. The van der Waals surface area contributed by atoms with Crippen molar-refractivity contribution in [3.05, 3.63) is 107 Å². The van der Waals surface area contributed by atoms with E-state index < -0.39 is 43.1 Å². The van der Waals surface area contributed by atoms with Crippen LogP contribution in [0, 0.1) is 11.6 Å². The summed E-state index contributed by atoms with van der Waals surface area (Å²) in [6.45, 7) is 12.9. The zero-order valence-corrected chi connectivity index (χ0v) is 39.1. The summed E-state index contributed by atoms with van der Waals surface area (Å²) < 4.78 is 92.2. The van der Waals surface area contributed by atoms with Crippen molar-refractivity contribution in [1.29, 1.82) is 0 Å². The molecule has 2 aliphatic rings. The van der Waals surface area contributed by atoms with E-state index in [4.69, 9.17) is 9.47 Å². The number of ketones is 1. The van der Waals surface area contributed by atoms with E-state index in [0.717, 1.165) is 12.5 Å². The van der Waals surface area contributed by atoms with Crippen molar-refractivity contribution in [3.63, 3.8) is 0 Å². The number of halogens is 2. The zero-order valence-electron chi connectivity index (χ0n) is 37.4. The van der Waals surface area contributed by atoms with Crippen molar-refractivity contribution >= 4 is 48.6 Å². The van der Waals surface area contributed by atoms with Gasteiger partial charge in [0.15, 0.2) is 19.7 Å². The number of sulfone groups is 2. The van der Waals surface area contributed by atoms with Crippen molar-refractivity contribution < 1.29 is 49.5 Å². The van der Waals surface area contributed by atoms with Crippen molar-refractivity contribution in [1.82, 2.24) is 9.80 Å². The summed E-state index contributed by atoms with van der Waals surface area (Å²) in [5, 5.41) is 0. The minimum absolute atomic E-state index is 0.00450. The number of ether oxygens (including phenoxy) is 2. The number of rotatable bonds is 14. The molecule has 4 aromatic carbocycles. The lowest BCUT2D eigenvalue weighted by atomic mass is 9.85. The predicted molar refractivity (Wildman–Crippen MR) is 242 cm³/mol. The van der Waals surface area contributed by atoms with Crippen molar-refractivity contribution in [2.24, 2.45) is 0 Å². The molecule has 2 atom stereocenters. The maximum absolute atomic E-state index is 15.8.